The molecular weight excluding hydrogens is 320 g/mol. The Balaban J connectivity index is 2.20. The number of halogens is 1. The number of hydrogen-bond donors (Lipinski definition) is 0. The summed E-state index contributed by atoms with van der Waals surface area (Å²) in [5.74, 6) is 0. The molecule has 0 aliphatic carbocycles. The van der Waals surface area contributed by atoms with Crippen molar-refractivity contribution in [2.45, 2.75) is 45.5 Å². The Morgan fingerprint density at radius 1 is 1.37 bits per heavy atom. The van der Waals surface area contributed by atoms with Gasteiger partial charge in [-0.15, -0.1) is 0 Å². The predicted molar refractivity (Wildman–Crippen MR) is 84.9 cm³/mol. The van der Waals surface area contributed by atoms with Crippen LogP contribution in [0.4, 0.5) is 0 Å². The lowest BCUT2D eigenvalue weighted by atomic mass is 10.2. The first-order valence-electron chi connectivity index (χ1n) is 6.46. The maximum Gasteiger partial charge on any atom is 0.192 e. The number of imidazole rings is 1. The van der Waals surface area contributed by atoms with E-state index in [1.54, 1.807) is 6.20 Å². The van der Waals surface area contributed by atoms with Gasteiger partial charge >= 0.3 is 0 Å². The van der Waals surface area contributed by atoms with Crippen molar-refractivity contribution in [3.8, 4) is 0 Å². The summed E-state index contributed by atoms with van der Waals surface area (Å²) in [6, 6.07) is 2.08. The van der Waals surface area contributed by atoms with Crippen molar-refractivity contribution >= 4 is 29.9 Å². The molecule has 0 aliphatic rings. The van der Waals surface area contributed by atoms with Crippen molar-refractivity contribution < 1.29 is 4.43 Å². The van der Waals surface area contributed by atoms with Gasteiger partial charge in [0, 0.05) is 23.1 Å². The van der Waals surface area contributed by atoms with Crippen LogP contribution in [-0.4, -0.2) is 17.7 Å². The molecule has 0 N–H and O–H groups in total. The predicted octanol–water partition coefficient (Wildman–Crippen LogP) is 4.62. The Hall–Kier alpha value is -0.653. The lowest BCUT2D eigenvalue weighted by Gasteiger charge is -2.36. The second kappa shape index (κ2) is 5.03. The molecule has 0 aliphatic heterocycles. The van der Waals surface area contributed by atoms with Gasteiger partial charge in [-0.1, -0.05) is 20.8 Å². The van der Waals surface area contributed by atoms with Gasteiger partial charge in [0.2, 0.25) is 0 Å². The van der Waals surface area contributed by atoms with Crippen LogP contribution in [0.2, 0.25) is 18.1 Å². The van der Waals surface area contributed by atoms with E-state index in [0.717, 1.165) is 15.7 Å². The molecule has 0 amide bonds. The first-order valence-corrected chi connectivity index (χ1v) is 10.2. The molecule has 2 aromatic rings. The molecule has 0 saturated carbocycles. The third-order valence-electron chi connectivity index (χ3n) is 3.96. The molecule has 2 heterocycles. The summed E-state index contributed by atoms with van der Waals surface area (Å²) in [4.78, 5) is 4.31. The standard InChI is InChI=1S/C14H21BrN2OSi/c1-14(2,3)19(4,5)18-10-11-8-13-16-6-7-17(13)9-12(11)15/h6-9H,10H2,1-5H3. The molecule has 0 bridgehead atoms. The Morgan fingerprint density at radius 2 is 2.05 bits per heavy atom. The molecule has 5 heteroatoms. The average molecular weight is 341 g/mol. The van der Waals surface area contributed by atoms with Gasteiger partial charge in [0.25, 0.3) is 0 Å². The summed E-state index contributed by atoms with van der Waals surface area (Å²) in [7, 11) is -1.71. The molecule has 0 atom stereocenters. The van der Waals surface area contributed by atoms with E-state index < -0.39 is 8.32 Å². The first kappa shape index (κ1) is 14.7. The Morgan fingerprint density at radius 3 is 2.68 bits per heavy atom. The molecule has 0 spiro atoms. The number of nitrogens with zero attached hydrogens (tertiary/aromatic N) is 2. The summed E-state index contributed by atoms with van der Waals surface area (Å²) < 4.78 is 9.32. The molecule has 0 radical (unpaired) electrons. The molecule has 2 aromatic heterocycles. The van der Waals surface area contributed by atoms with E-state index in [1.165, 1.54) is 0 Å². The highest BCUT2D eigenvalue weighted by molar-refractivity contribution is 9.10. The molecule has 0 fully saturated rings. The maximum atomic E-state index is 6.26. The van der Waals surface area contributed by atoms with Crippen LogP contribution in [0.5, 0.6) is 0 Å². The van der Waals surface area contributed by atoms with E-state index in [-0.39, 0.29) is 5.04 Å². The molecule has 3 nitrogen and oxygen atoms in total. The molecule has 104 valence electrons. The van der Waals surface area contributed by atoms with Crippen LogP contribution in [0.1, 0.15) is 26.3 Å². The minimum absolute atomic E-state index is 0.233. The van der Waals surface area contributed by atoms with Gasteiger partial charge in [0.1, 0.15) is 5.65 Å². The third kappa shape index (κ3) is 3.09. The molecular formula is C14H21BrN2OSi. The van der Waals surface area contributed by atoms with Crippen molar-refractivity contribution in [1.29, 1.82) is 0 Å². The van der Waals surface area contributed by atoms with Gasteiger partial charge in [0.15, 0.2) is 8.32 Å². The second-order valence-electron chi connectivity index (χ2n) is 6.39. The first-order chi connectivity index (χ1) is 8.71. The van der Waals surface area contributed by atoms with Crippen molar-refractivity contribution in [2.75, 3.05) is 0 Å². The van der Waals surface area contributed by atoms with E-state index >= 15 is 0 Å². The minimum atomic E-state index is -1.71. The normalized spacial score (nSPS) is 13.2. The second-order valence-corrected chi connectivity index (χ2v) is 12.1. The van der Waals surface area contributed by atoms with Gasteiger partial charge in [-0.05, 0) is 45.7 Å². The van der Waals surface area contributed by atoms with E-state index in [4.69, 9.17) is 4.43 Å². The highest BCUT2D eigenvalue weighted by Crippen LogP contribution is 2.37. The SMILES string of the molecule is CC(C)(C)[Si](C)(C)OCc1cc2nccn2cc1Br. The largest absolute Gasteiger partial charge is 0.413 e. The molecule has 19 heavy (non-hydrogen) atoms. The number of hydrogen-bond acceptors (Lipinski definition) is 2. The number of fused-ring (bicyclic) bond motifs is 1. The van der Waals surface area contributed by atoms with Gasteiger partial charge in [-0.2, -0.15) is 0 Å². The van der Waals surface area contributed by atoms with Gasteiger partial charge in [-0.3, -0.25) is 0 Å². The molecule has 2 rings (SSSR count). The maximum absolute atomic E-state index is 6.26. The van der Waals surface area contributed by atoms with Gasteiger partial charge in [-0.25, -0.2) is 4.98 Å². The zero-order valence-corrected chi connectivity index (χ0v) is 14.8. The monoisotopic (exact) mass is 340 g/mol. The van der Waals surface area contributed by atoms with Crippen LogP contribution in [-0.2, 0) is 11.0 Å². The Labute approximate surface area is 124 Å². The summed E-state index contributed by atoms with van der Waals surface area (Å²) >= 11 is 3.61. The zero-order valence-electron chi connectivity index (χ0n) is 12.2. The zero-order chi connectivity index (χ0) is 14.3. The molecule has 0 saturated heterocycles. The van der Waals surface area contributed by atoms with Crippen LogP contribution < -0.4 is 0 Å². The van der Waals surface area contributed by atoms with Crippen LogP contribution in [0.3, 0.4) is 0 Å². The van der Waals surface area contributed by atoms with Crippen molar-refractivity contribution in [1.82, 2.24) is 9.38 Å². The summed E-state index contributed by atoms with van der Waals surface area (Å²) in [6.45, 7) is 12.0. The lowest BCUT2D eigenvalue weighted by molar-refractivity contribution is 0.275. The minimum Gasteiger partial charge on any atom is -0.413 e. The fraction of sp³-hybridized carbons (Fsp3) is 0.500. The Kier molecular flexibility index (Phi) is 3.91. The fourth-order valence-electron chi connectivity index (χ4n) is 1.56. The van der Waals surface area contributed by atoms with E-state index in [1.807, 2.05) is 16.8 Å². The molecule has 0 unspecified atom stereocenters. The highest BCUT2D eigenvalue weighted by Gasteiger charge is 2.37. The van der Waals surface area contributed by atoms with E-state index in [2.05, 4.69) is 60.8 Å². The van der Waals surface area contributed by atoms with E-state index in [0.29, 0.717) is 6.61 Å². The van der Waals surface area contributed by atoms with Crippen LogP contribution in [0.25, 0.3) is 5.65 Å². The van der Waals surface area contributed by atoms with Crippen LogP contribution >= 0.6 is 15.9 Å². The smallest absolute Gasteiger partial charge is 0.192 e. The lowest BCUT2D eigenvalue weighted by Crippen LogP contribution is -2.40. The fourth-order valence-corrected chi connectivity index (χ4v) is 2.96. The average Bonchev–Trinajstić information content (AvgIpc) is 2.71. The van der Waals surface area contributed by atoms with Crippen LogP contribution in [0.15, 0.2) is 29.1 Å². The van der Waals surface area contributed by atoms with Gasteiger partial charge in [0.05, 0.1) is 6.61 Å². The van der Waals surface area contributed by atoms with Crippen molar-refractivity contribution in [2.24, 2.45) is 0 Å². The van der Waals surface area contributed by atoms with E-state index in [9.17, 15) is 0 Å². The highest BCUT2D eigenvalue weighted by atomic mass is 79.9. The summed E-state index contributed by atoms with van der Waals surface area (Å²) in [5.41, 5.74) is 2.11. The number of pyridine rings is 1. The van der Waals surface area contributed by atoms with Crippen LogP contribution in [0, 0.1) is 0 Å². The summed E-state index contributed by atoms with van der Waals surface area (Å²) in [6.07, 6.45) is 5.78. The summed E-state index contributed by atoms with van der Waals surface area (Å²) in [5, 5.41) is 0.233. The number of aromatic nitrogens is 2. The third-order valence-corrected chi connectivity index (χ3v) is 9.15. The Bertz CT molecular complexity index is 587. The van der Waals surface area contributed by atoms with Crippen molar-refractivity contribution in [3.05, 3.63) is 34.7 Å². The topological polar surface area (TPSA) is 26.5 Å². The van der Waals surface area contributed by atoms with Crippen molar-refractivity contribution in [3.63, 3.8) is 0 Å². The molecule has 0 aromatic carbocycles. The quantitative estimate of drug-likeness (QED) is 0.762. The number of rotatable bonds is 3. The van der Waals surface area contributed by atoms with Gasteiger partial charge < -0.3 is 8.83 Å².